The Morgan fingerprint density at radius 3 is 2.53 bits per heavy atom. The highest BCUT2D eigenvalue weighted by Crippen LogP contribution is 2.36. The van der Waals surface area contributed by atoms with E-state index in [1.54, 1.807) is 0 Å². The van der Waals surface area contributed by atoms with E-state index >= 15 is 0 Å². The zero-order chi connectivity index (χ0) is 13.9. The summed E-state index contributed by atoms with van der Waals surface area (Å²) in [7, 11) is 0. The maximum Gasteiger partial charge on any atom is 0.188 e. The molecular weight excluding hydrogens is 236 g/mol. The second kappa shape index (κ2) is 5.87. The van der Waals surface area contributed by atoms with Crippen molar-refractivity contribution in [2.45, 2.75) is 52.6 Å². The summed E-state index contributed by atoms with van der Waals surface area (Å²) in [6.07, 6.45) is 4.80. The summed E-state index contributed by atoms with van der Waals surface area (Å²) < 4.78 is 5.80. The standard InChI is InChI=1S/C17H24O2/c1-13-6-4-5-7-15(13)16(18)12-19-14-8-10-17(2,3)11-9-14/h4-7,14H,8-12H2,1-3H3. The lowest BCUT2D eigenvalue weighted by Crippen LogP contribution is -2.28. The third-order valence-electron chi connectivity index (χ3n) is 4.18. The smallest absolute Gasteiger partial charge is 0.188 e. The summed E-state index contributed by atoms with van der Waals surface area (Å²) in [6, 6.07) is 7.71. The number of aryl methyl sites for hydroxylation is 1. The summed E-state index contributed by atoms with van der Waals surface area (Å²) in [5.41, 5.74) is 2.26. The quantitative estimate of drug-likeness (QED) is 0.760. The molecule has 0 aliphatic heterocycles. The van der Waals surface area contributed by atoms with Crippen molar-refractivity contribution in [2.75, 3.05) is 6.61 Å². The van der Waals surface area contributed by atoms with Crippen LogP contribution in [0.25, 0.3) is 0 Å². The first-order chi connectivity index (χ1) is 8.98. The molecular formula is C17H24O2. The van der Waals surface area contributed by atoms with Crippen LogP contribution in [-0.4, -0.2) is 18.5 Å². The fraction of sp³-hybridized carbons (Fsp3) is 0.588. The monoisotopic (exact) mass is 260 g/mol. The third-order valence-corrected chi connectivity index (χ3v) is 4.18. The number of Topliss-reactive ketones (excluding diaryl/α,β-unsaturated/α-hetero) is 1. The van der Waals surface area contributed by atoms with Gasteiger partial charge in [0.2, 0.25) is 0 Å². The summed E-state index contributed by atoms with van der Waals surface area (Å²) in [5, 5.41) is 0. The fourth-order valence-electron chi connectivity index (χ4n) is 2.70. The highest BCUT2D eigenvalue weighted by atomic mass is 16.5. The van der Waals surface area contributed by atoms with Gasteiger partial charge in [0.15, 0.2) is 5.78 Å². The van der Waals surface area contributed by atoms with Crippen molar-refractivity contribution in [3.8, 4) is 0 Å². The summed E-state index contributed by atoms with van der Waals surface area (Å²) in [6.45, 7) is 6.80. The average Bonchev–Trinajstić information content (AvgIpc) is 2.38. The molecule has 0 saturated heterocycles. The third kappa shape index (κ3) is 3.90. The molecule has 1 aliphatic rings. The first-order valence-corrected chi connectivity index (χ1v) is 7.18. The molecule has 2 heteroatoms. The molecule has 0 aromatic heterocycles. The van der Waals surface area contributed by atoms with Crippen molar-refractivity contribution in [2.24, 2.45) is 5.41 Å². The minimum absolute atomic E-state index is 0.0999. The lowest BCUT2D eigenvalue weighted by Gasteiger charge is -2.34. The van der Waals surface area contributed by atoms with E-state index in [0.717, 1.165) is 24.0 Å². The second-order valence-corrected chi connectivity index (χ2v) is 6.41. The van der Waals surface area contributed by atoms with Gasteiger partial charge >= 0.3 is 0 Å². The molecule has 1 aliphatic carbocycles. The molecule has 1 fully saturated rings. The van der Waals surface area contributed by atoms with Gasteiger partial charge in [0.05, 0.1) is 6.10 Å². The van der Waals surface area contributed by atoms with Gasteiger partial charge in [-0.15, -0.1) is 0 Å². The Morgan fingerprint density at radius 1 is 1.26 bits per heavy atom. The zero-order valence-electron chi connectivity index (χ0n) is 12.2. The topological polar surface area (TPSA) is 26.3 Å². The largest absolute Gasteiger partial charge is 0.370 e. The number of hydrogen-bond donors (Lipinski definition) is 0. The normalized spacial score (nSPS) is 19.3. The zero-order valence-corrected chi connectivity index (χ0v) is 12.2. The van der Waals surface area contributed by atoms with E-state index in [1.807, 2.05) is 31.2 Å². The number of ether oxygens (including phenoxy) is 1. The molecule has 0 atom stereocenters. The van der Waals surface area contributed by atoms with E-state index < -0.39 is 0 Å². The van der Waals surface area contributed by atoms with E-state index in [-0.39, 0.29) is 18.5 Å². The van der Waals surface area contributed by atoms with Crippen LogP contribution in [0, 0.1) is 12.3 Å². The number of rotatable bonds is 4. The van der Waals surface area contributed by atoms with Crippen LogP contribution in [0.4, 0.5) is 0 Å². The summed E-state index contributed by atoms with van der Waals surface area (Å²) in [5.74, 6) is 0.0999. The van der Waals surface area contributed by atoms with Crippen molar-refractivity contribution in [3.63, 3.8) is 0 Å². The van der Waals surface area contributed by atoms with E-state index in [2.05, 4.69) is 13.8 Å². The predicted molar refractivity (Wildman–Crippen MR) is 77.5 cm³/mol. The maximum absolute atomic E-state index is 12.1. The van der Waals surface area contributed by atoms with Crippen LogP contribution in [0.15, 0.2) is 24.3 Å². The van der Waals surface area contributed by atoms with Crippen LogP contribution < -0.4 is 0 Å². The van der Waals surface area contributed by atoms with Gasteiger partial charge in [-0.3, -0.25) is 4.79 Å². The van der Waals surface area contributed by atoms with Gasteiger partial charge in [-0.2, -0.15) is 0 Å². The number of hydrogen-bond acceptors (Lipinski definition) is 2. The number of benzene rings is 1. The van der Waals surface area contributed by atoms with Crippen molar-refractivity contribution in [1.29, 1.82) is 0 Å². The molecule has 1 saturated carbocycles. The van der Waals surface area contributed by atoms with E-state index in [9.17, 15) is 4.79 Å². The first-order valence-electron chi connectivity index (χ1n) is 7.18. The van der Waals surface area contributed by atoms with E-state index in [4.69, 9.17) is 4.74 Å². The number of carbonyl (C=O) groups excluding carboxylic acids is 1. The molecule has 1 aromatic rings. The Kier molecular flexibility index (Phi) is 4.41. The van der Waals surface area contributed by atoms with Crippen LogP contribution in [0.1, 0.15) is 55.5 Å². The van der Waals surface area contributed by atoms with Crippen LogP contribution in [0.3, 0.4) is 0 Å². The summed E-state index contributed by atoms with van der Waals surface area (Å²) >= 11 is 0. The Bertz CT molecular complexity index is 438. The SMILES string of the molecule is Cc1ccccc1C(=O)COC1CCC(C)(C)CC1. The molecule has 0 radical (unpaired) electrons. The van der Waals surface area contributed by atoms with Gasteiger partial charge in [-0.25, -0.2) is 0 Å². The van der Waals surface area contributed by atoms with Crippen LogP contribution in [-0.2, 0) is 4.74 Å². The lowest BCUT2D eigenvalue weighted by molar-refractivity contribution is 0.00860. The Morgan fingerprint density at radius 2 is 1.89 bits per heavy atom. The first kappa shape index (κ1) is 14.3. The minimum atomic E-state index is 0.0999. The van der Waals surface area contributed by atoms with Crippen molar-refractivity contribution < 1.29 is 9.53 Å². The molecule has 2 nitrogen and oxygen atoms in total. The Hall–Kier alpha value is -1.15. The number of carbonyl (C=O) groups is 1. The van der Waals surface area contributed by atoms with Crippen molar-refractivity contribution >= 4 is 5.78 Å². The Balaban J connectivity index is 1.83. The van der Waals surface area contributed by atoms with Gasteiger partial charge in [-0.1, -0.05) is 38.1 Å². The highest BCUT2D eigenvalue weighted by molar-refractivity contribution is 5.98. The predicted octanol–water partition coefficient (Wildman–Crippen LogP) is 4.16. The lowest BCUT2D eigenvalue weighted by atomic mass is 9.76. The molecule has 0 N–H and O–H groups in total. The second-order valence-electron chi connectivity index (χ2n) is 6.41. The molecule has 104 valence electrons. The molecule has 0 amide bonds. The molecule has 2 rings (SSSR count). The summed E-state index contributed by atoms with van der Waals surface area (Å²) in [4.78, 5) is 12.1. The molecule has 1 aromatic carbocycles. The molecule has 0 unspecified atom stereocenters. The highest BCUT2D eigenvalue weighted by Gasteiger charge is 2.27. The Labute approximate surface area is 116 Å². The maximum atomic E-state index is 12.1. The molecule has 0 heterocycles. The fourth-order valence-corrected chi connectivity index (χ4v) is 2.70. The number of ketones is 1. The molecule has 0 spiro atoms. The minimum Gasteiger partial charge on any atom is -0.370 e. The van der Waals surface area contributed by atoms with Gasteiger partial charge in [0.1, 0.15) is 6.61 Å². The van der Waals surface area contributed by atoms with E-state index in [1.165, 1.54) is 12.8 Å². The van der Waals surface area contributed by atoms with Crippen LogP contribution in [0.2, 0.25) is 0 Å². The average molecular weight is 260 g/mol. The van der Waals surface area contributed by atoms with Gasteiger partial charge < -0.3 is 4.74 Å². The van der Waals surface area contributed by atoms with Crippen molar-refractivity contribution in [3.05, 3.63) is 35.4 Å². The molecule has 19 heavy (non-hydrogen) atoms. The van der Waals surface area contributed by atoms with Crippen molar-refractivity contribution in [1.82, 2.24) is 0 Å². The van der Waals surface area contributed by atoms with Gasteiger partial charge in [0.25, 0.3) is 0 Å². The molecule has 0 bridgehead atoms. The van der Waals surface area contributed by atoms with E-state index in [0.29, 0.717) is 5.41 Å². The van der Waals surface area contributed by atoms with Gasteiger partial charge in [0, 0.05) is 5.56 Å². The van der Waals surface area contributed by atoms with Crippen LogP contribution in [0.5, 0.6) is 0 Å². The van der Waals surface area contributed by atoms with Crippen LogP contribution >= 0.6 is 0 Å². The van der Waals surface area contributed by atoms with Gasteiger partial charge in [-0.05, 0) is 43.6 Å².